The minimum atomic E-state index is -0.334. The summed E-state index contributed by atoms with van der Waals surface area (Å²) >= 11 is 0. The fourth-order valence-corrected chi connectivity index (χ4v) is 4.01. The van der Waals surface area contributed by atoms with E-state index in [4.69, 9.17) is 4.74 Å². The van der Waals surface area contributed by atoms with Gasteiger partial charge in [-0.3, -0.25) is 19.3 Å². The lowest BCUT2D eigenvalue weighted by atomic mass is 10.0. The molecule has 7 heteroatoms. The van der Waals surface area contributed by atoms with Gasteiger partial charge in [0, 0.05) is 18.2 Å². The van der Waals surface area contributed by atoms with Gasteiger partial charge in [-0.1, -0.05) is 0 Å². The molecule has 0 aliphatic carbocycles. The third-order valence-corrected chi connectivity index (χ3v) is 5.70. The third-order valence-electron chi connectivity index (χ3n) is 5.70. The molecule has 0 saturated carbocycles. The van der Waals surface area contributed by atoms with E-state index in [0.717, 1.165) is 38.8 Å². The van der Waals surface area contributed by atoms with Gasteiger partial charge in [0.1, 0.15) is 0 Å². The molecule has 27 heavy (non-hydrogen) atoms. The fraction of sp³-hybridized carbons (Fsp3) is 0.550. The Balaban J connectivity index is 1.46. The van der Waals surface area contributed by atoms with Crippen LogP contribution in [0.3, 0.4) is 0 Å². The second-order valence-corrected chi connectivity index (χ2v) is 7.67. The van der Waals surface area contributed by atoms with Crippen molar-refractivity contribution >= 4 is 17.7 Å². The molecule has 3 aliphatic rings. The number of likely N-dealkylation sites (tertiary alicyclic amines) is 1. The number of imide groups is 1. The lowest BCUT2D eigenvalue weighted by Crippen LogP contribution is -2.43. The molecule has 1 atom stereocenters. The molecular formula is C20H25N3O4. The average molecular weight is 371 g/mol. The summed E-state index contributed by atoms with van der Waals surface area (Å²) in [6.45, 7) is 2.87. The monoisotopic (exact) mass is 371 g/mol. The summed E-state index contributed by atoms with van der Waals surface area (Å²) < 4.78 is 5.55. The van der Waals surface area contributed by atoms with Crippen molar-refractivity contribution in [2.75, 3.05) is 33.3 Å². The molecule has 2 fully saturated rings. The standard InChI is InChI=1S/C20H25N3O4/c1-22-8-6-14(7-9-22)21-18(24)13-4-5-16-17(11-13)20(26)23(19(16)25)12-15-3-2-10-27-15/h4-5,11,14-15H,2-3,6-10,12H2,1H3,(H,21,24). The molecule has 1 N–H and O–H groups in total. The van der Waals surface area contributed by atoms with Crippen LogP contribution in [-0.4, -0.2) is 73.0 Å². The largest absolute Gasteiger partial charge is 0.376 e. The van der Waals surface area contributed by atoms with E-state index < -0.39 is 0 Å². The number of amides is 3. The number of hydrogen-bond acceptors (Lipinski definition) is 5. The van der Waals surface area contributed by atoms with Gasteiger partial charge >= 0.3 is 0 Å². The lowest BCUT2D eigenvalue weighted by Gasteiger charge is -2.29. The zero-order valence-corrected chi connectivity index (χ0v) is 15.6. The molecule has 0 radical (unpaired) electrons. The predicted octanol–water partition coefficient (Wildman–Crippen LogP) is 1.29. The van der Waals surface area contributed by atoms with Crippen molar-refractivity contribution in [3.8, 4) is 0 Å². The zero-order valence-electron chi connectivity index (χ0n) is 15.6. The van der Waals surface area contributed by atoms with Crippen LogP contribution >= 0.6 is 0 Å². The maximum atomic E-state index is 12.7. The van der Waals surface area contributed by atoms with Crippen molar-refractivity contribution in [2.24, 2.45) is 0 Å². The normalized spacial score (nSPS) is 23.7. The number of nitrogens with one attached hydrogen (secondary N) is 1. The Hall–Kier alpha value is -2.25. The number of hydrogen-bond donors (Lipinski definition) is 1. The van der Waals surface area contributed by atoms with Crippen molar-refractivity contribution in [1.82, 2.24) is 15.1 Å². The van der Waals surface area contributed by atoms with Crippen molar-refractivity contribution in [3.05, 3.63) is 34.9 Å². The summed E-state index contributed by atoms with van der Waals surface area (Å²) in [6.07, 6.45) is 3.56. The van der Waals surface area contributed by atoms with Crippen LogP contribution in [-0.2, 0) is 4.74 Å². The van der Waals surface area contributed by atoms with Crippen LogP contribution in [0.25, 0.3) is 0 Å². The highest BCUT2D eigenvalue weighted by atomic mass is 16.5. The summed E-state index contributed by atoms with van der Waals surface area (Å²) in [5.41, 5.74) is 1.11. The van der Waals surface area contributed by atoms with Gasteiger partial charge in [0.25, 0.3) is 17.7 Å². The second-order valence-electron chi connectivity index (χ2n) is 7.67. The Kier molecular flexibility index (Phi) is 4.97. The lowest BCUT2D eigenvalue weighted by molar-refractivity contribution is 0.0475. The summed E-state index contributed by atoms with van der Waals surface area (Å²) in [5.74, 6) is -0.822. The molecule has 0 aromatic heterocycles. The average Bonchev–Trinajstić information content (AvgIpc) is 3.26. The van der Waals surface area contributed by atoms with Crippen LogP contribution in [0.2, 0.25) is 0 Å². The van der Waals surface area contributed by atoms with E-state index in [1.165, 1.54) is 4.90 Å². The van der Waals surface area contributed by atoms with Crippen LogP contribution in [0.5, 0.6) is 0 Å². The zero-order chi connectivity index (χ0) is 19.0. The molecule has 3 aliphatic heterocycles. The van der Waals surface area contributed by atoms with Crippen LogP contribution in [0.15, 0.2) is 18.2 Å². The van der Waals surface area contributed by atoms with Crippen LogP contribution in [0.4, 0.5) is 0 Å². The van der Waals surface area contributed by atoms with Gasteiger partial charge in [0.05, 0.1) is 23.8 Å². The molecule has 1 aromatic rings. The minimum absolute atomic E-state index is 0.0839. The molecule has 2 saturated heterocycles. The maximum absolute atomic E-state index is 12.7. The van der Waals surface area contributed by atoms with Gasteiger partial charge in [0.15, 0.2) is 0 Å². The van der Waals surface area contributed by atoms with Gasteiger partial charge < -0.3 is 15.0 Å². The van der Waals surface area contributed by atoms with E-state index in [0.29, 0.717) is 23.3 Å². The topological polar surface area (TPSA) is 79.0 Å². The Labute approximate surface area is 158 Å². The van der Waals surface area contributed by atoms with Crippen LogP contribution in [0, 0.1) is 0 Å². The maximum Gasteiger partial charge on any atom is 0.261 e. The molecule has 0 bridgehead atoms. The number of piperidine rings is 1. The highest BCUT2D eigenvalue weighted by Gasteiger charge is 2.38. The van der Waals surface area contributed by atoms with E-state index in [-0.39, 0.29) is 36.4 Å². The summed E-state index contributed by atoms with van der Waals surface area (Å²) in [4.78, 5) is 41.4. The summed E-state index contributed by atoms with van der Waals surface area (Å²) in [7, 11) is 2.07. The molecule has 1 aromatic carbocycles. The smallest absolute Gasteiger partial charge is 0.261 e. The number of rotatable bonds is 4. The predicted molar refractivity (Wildman–Crippen MR) is 98.8 cm³/mol. The second kappa shape index (κ2) is 7.40. The molecule has 0 spiro atoms. The first kappa shape index (κ1) is 18.1. The first-order valence-electron chi connectivity index (χ1n) is 9.64. The number of benzene rings is 1. The Bertz CT molecular complexity index is 764. The number of nitrogens with zero attached hydrogens (tertiary/aromatic N) is 2. The molecule has 144 valence electrons. The van der Waals surface area contributed by atoms with Crippen LogP contribution < -0.4 is 5.32 Å². The Morgan fingerprint density at radius 1 is 1.15 bits per heavy atom. The Morgan fingerprint density at radius 2 is 1.89 bits per heavy atom. The first-order chi connectivity index (χ1) is 13.0. The molecule has 7 nitrogen and oxygen atoms in total. The highest BCUT2D eigenvalue weighted by molar-refractivity contribution is 6.22. The SMILES string of the molecule is CN1CCC(NC(=O)c2ccc3c(c2)C(=O)N(CC2CCCO2)C3=O)CC1. The highest BCUT2D eigenvalue weighted by Crippen LogP contribution is 2.26. The van der Waals surface area contributed by atoms with Crippen molar-refractivity contribution in [1.29, 1.82) is 0 Å². The Morgan fingerprint density at radius 3 is 2.59 bits per heavy atom. The number of fused-ring (bicyclic) bond motifs is 1. The van der Waals surface area contributed by atoms with E-state index >= 15 is 0 Å². The molecule has 3 heterocycles. The van der Waals surface area contributed by atoms with E-state index in [9.17, 15) is 14.4 Å². The molecular weight excluding hydrogens is 346 g/mol. The molecule has 3 amide bonds. The van der Waals surface area contributed by atoms with Gasteiger partial charge in [-0.25, -0.2) is 0 Å². The van der Waals surface area contributed by atoms with E-state index in [2.05, 4.69) is 17.3 Å². The van der Waals surface area contributed by atoms with Gasteiger partial charge in [-0.15, -0.1) is 0 Å². The fourth-order valence-electron chi connectivity index (χ4n) is 4.01. The van der Waals surface area contributed by atoms with Gasteiger partial charge in [0.2, 0.25) is 0 Å². The molecule has 1 unspecified atom stereocenters. The van der Waals surface area contributed by atoms with Gasteiger partial charge in [-0.05, 0) is 64.0 Å². The number of carbonyl (C=O) groups is 3. The summed E-state index contributed by atoms with van der Waals surface area (Å²) in [5, 5.41) is 3.05. The minimum Gasteiger partial charge on any atom is -0.376 e. The number of ether oxygens (including phenoxy) is 1. The van der Waals surface area contributed by atoms with E-state index in [1.807, 2.05) is 0 Å². The molecule has 4 rings (SSSR count). The van der Waals surface area contributed by atoms with E-state index in [1.54, 1.807) is 18.2 Å². The summed E-state index contributed by atoms with van der Waals surface area (Å²) in [6, 6.07) is 4.92. The van der Waals surface area contributed by atoms with Crippen molar-refractivity contribution in [3.63, 3.8) is 0 Å². The van der Waals surface area contributed by atoms with Crippen LogP contribution in [0.1, 0.15) is 56.8 Å². The third kappa shape index (κ3) is 3.61. The van der Waals surface area contributed by atoms with Gasteiger partial charge in [-0.2, -0.15) is 0 Å². The number of carbonyl (C=O) groups excluding carboxylic acids is 3. The van der Waals surface area contributed by atoms with Crippen molar-refractivity contribution < 1.29 is 19.1 Å². The van der Waals surface area contributed by atoms with Crippen molar-refractivity contribution in [2.45, 2.75) is 37.8 Å². The first-order valence-corrected chi connectivity index (χ1v) is 9.64. The quantitative estimate of drug-likeness (QED) is 0.807.